The van der Waals surface area contributed by atoms with E-state index in [1.807, 2.05) is 6.92 Å². The van der Waals surface area contributed by atoms with Crippen LogP contribution in [0.5, 0.6) is 5.75 Å². The first-order valence-electron chi connectivity index (χ1n) is 13.1. The van der Waals surface area contributed by atoms with Gasteiger partial charge in [-0.05, 0) is 44.4 Å². The van der Waals surface area contributed by atoms with Crippen molar-refractivity contribution in [2.24, 2.45) is 0 Å². The molecule has 216 valence electrons. The number of hydrogen-bond donors (Lipinski definition) is 3. The van der Waals surface area contributed by atoms with Gasteiger partial charge in [-0.15, -0.1) is 0 Å². The van der Waals surface area contributed by atoms with Gasteiger partial charge in [0.05, 0.1) is 12.1 Å². The second kappa shape index (κ2) is 13.6. The number of nitrogens with one attached hydrogen (secondary N) is 1. The molecule has 1 fully saturated rings. The maximum absolute atomic E-state index is 13.3. The summed E-state index contributed by atoms with van der Waals surface area (Å²) in [5.74, 6) is -3.37. The Labute approximate surface area is 231 Å². The summed E-state index contributed by atoms with van der Waals surface area (Å²) in [6.45, 7) is 6.27. The lowest BCUT2D eigenvalue weighted by Crippen LogP contribution is -2.56. The number of nitrogens with zero attached hydrogens (tertiary/aromatic N) is 3. The number of carboxylic acid groups (broad SMARTS) is 2. The average Bonchev–Trinajstić information content (AvgIpc) is 2.92. The standard InChI is InChI=1S/C27H34N4O9/c1-4-21(26(36)37)40-22-15-20(28-19-14-16(3)6-7-17(19)22)24(34)29-18(8-9-23(32)33)25(35)30-10-12-31(13-11-30)27(38)39-5-2/h6-7,14-15,18,21H,4-5,8-13H2,1-3H3,(H,29,34)(H,32,33)(H,36,37). The molecule has 2 heterocycles. The Morgan fingerprint density at radius 1 is 1.02 bits per heavy atom. The fourth-order valence-electron chi connectivity index (χ4n) is 4.28. The van der Waals surface area contributed by atoms with Crippen LogP contribution in [0.25, 0.3) is 10.9 Å². The number of aliphatic carboxylic acids is 2. The second-order valence-corrected chi connectivity index (χ2v) is 9.35. The molecule has 0 radical (unpaired) electrons. The molecule has 1 aliphatic heterocycles. The Bertz CT molecular complexity index is 1270. The summed E-state index contributed by atoms with van der Waals surface area (Å²) in [6, 6.07) is 5.39. The molecule has 0 spiro atoms. The molecule has 3 N–H and O–H groups in total. The Balaban J connectivity index is 1.85. The molecule has 40 heavy (non-hydrogen) atoms. The van der Waals surface area contributed by atoms with E-state index in [0.29, 0.717) is 10.9 Å². The molecule has 13 nitrogen and oxygen atoms in total. The molecular weight excluding hydrogens is 524 g/mol. The highest BCUT2D eigenvalue weighted by Gasteiger charge is 2.31. The van der Waals surface area contributed by atoms with Crippen LogP contribution >= 0.6 is 0 Å². The number of ether oxygens (including phenoxy) is 2. The predicted molar refractivity (Wildman–Crippen MR) is 142 cm³/mol. The minimum atomic E-state index is -1.17. The van der Waals surface area contributed by atoms with Gasteiger partial charge in [-0.2, -0.15) is 0 Å². The first-order chi connectivity index (χ1) is 19.0. The molecule has 0 bridgehead atoms. The largest absolute Gasteiger partial charge is 0.481 e. The quantitative estimate of drug-likeness (QED) is 0.370. The lowest BCUT2D eigenvalue weighted by Gasteiger charge is -2.35. The highest BCUT2D eigenvalue weighted by atomic mass is 16.6. The third-order valence-electron chi connectivity index (χ3n) is 6.44. The van der Waals surface area contributed by atoms with Crippen LogP contribution in [0.15, 0.2) is 24.3 Å². The normalized spacial score (nSPS) is 14.8. The van der Waals surface area contributed by atoms with Crippen molar-refractivity contribution in [3.8, 4) is 5.75 Å². The maximum atomic E-state index is 13.3. The van der Waals surface area contributed by atoms with E-state index in [1.54, 1.807) is 32.0 Å². The number of carbonyl (C=O) groups excluding carboxylic acids is 3. The molecule has 3 rings (SSSR count). The molecule has 2 atom stereocenters. The van der Waals surface area contributed by atoms with Crippen LogP contribution in [0, 0.1) is 6.92 Å². The number of carboxylic acids is 2. The maximum Gasteiger partial charge on any atom is 0.409 e. The fraction of sp³-hybridized carbons (Fsp3) is 0.481. The summed E-state index contributed by atoms with van der Waals surface area (Å²) in [7, 11) is 0. The topological polar surface area (TPSA) is 176 Å². The van der Waals surface area contributed by atoms with Crippen LogP contribution in [-0.2, 0) is 19.1 Å². The molecule has 3 amide bonds. The van der Waals surface area contributed by atoms with Gasteiger partial charge in [0.25, 0.3) is 5.91 Å². The number of hydrogen-bond acceptors (Lipinski definition) is 8. The first-order valence-corrected chi connectivity index (χ1v) is 13.1. The van der Waals surface area contributed by atoms with E-state index in [9.17, 15) is 34.2 Å². The zero-order chi connectivity index (χ0) is 29.4. The number of carbonyl (C=O) groups is 5. The molecule has 2 aromatic rings. The summed E-state index contributed by atoms with van der Waals surface area (Å²) in [4.78, 5) is 68.9. The molecule has 13 heteroatoms. The van der Waals surface area contributed by atoms with Gasteiger partial charge >= 0.3 is 18.0 Å². The average molecular weight is 559 g/mol. The second-order valence-electron chi connectivity index (χ2n) is 9.35. The first kappa shape index (κ1) is 30.1. The lowest BCUT2D eigenvalue weighted by molar-refractivity contribution is -0.145. The third kappa shape index (κ3) is 7.58. The minimum absolute atomic E-state index is 0.117. The molecule has 0 aliphatic carbocycles. The number of aryl methyl sites for hydroxylation is 1. The predicted octanol–water partition coefficient (Wildman–Crippen LogP) is 2.05. The van der Waals surface area contributed by atoms with Crippen LogP contribution in [0.4, 0.5) is 4.79 Å². The van der Waals surface area contributed by atoms with Gasteiger partial charge < -0.3 is 34.8 Å². The number of pyridine rings is 1. The van der Waals surface area contributed by atoms with E-state index < -0.39 is 42.0 Å². The van der Waals surface area contributed by atoms with Crippen molar-refractivity contribution in [3.63, 3.8) is 0 Å². The van der Waals surface area contributed by atoms with Gasteiger partial charge in [0.15, 0.2) is 6.10 Å². The van der Waals surface area contributed by atoms with Crippen LogP contribution < -0.4 is 10.1 Å². The van der Waals surface area contributed by atoms with Gasteiger partial charge in [0, 0.05) is 44.1 Å². The Morgan fingerprint density at radius 2 is 1.70 bits per heavy atom. The summed E-state index contributed by atoms with van der Waals surface area (Å²) < 4.78 is 10.7. The molecule has 1 saturated heterocycles. The Kier molecular flexibility index (Phi) is 10.2. The van der Waals surface area contributed by atoms with Gasteiger partial charge in [0.2, 0.25) is 5.91 Å². The van der Waals surface area contributed by atoms with E-state index in [1.165, 1.54) is 15.9 Å². The fourth-order valence-corrected chi connectivity index (χ4v) is 4.28. The van der Waals surface area contributed by atoms with Gasteiger partial charge in [-0.3, -0.25) is 14.4 Å². The van der Waals surface area contributed by atoms with E-state index in [4.69, 9.17) is 9.47 Å². The zero-order valence-corrected chi connectivity index (χ0v) is 22.7. The molecular formula is C27H34N4O9. The van der Waals surface area contributed by atoms with Crippen LogP contribution in [0.1, 0.15) is 49.2 Å². The number of piperazine rings is 1. The van der Waals surface area contributed by atoms with Crippen LogP contribution in [-0.4, -0.2) is 99.8 Å². The summed E-state index contributed by atoms with van der Waals surface area (Å²) in [5, 5.41) is 21.8. The van der Waals surface area contributed by atoms with Crippen molar-refractivity contribution in [2.45, 2.75) is 52.2 Å². The third-order valence-corrected chi connectivity index (χ3v) is 6.44. The molecule has 0 saturated carbocycles. The molecule has 1 aromatic heterocycles. The minimum Gasteiger partial charge on any atom is -0.481 e. The Morgan fingerprint density at radius 3 is 2.30 bits per heavy atom. The van der Waals surface area contributed by atoms with Crippen molar-refractivity contribution in [3.05, 3.63) is 35.5 Å². The summed E-state index contributed by atoms with van der Waals surface area (Å²) >= 11 is 0. The van der Waals surface area contributed by atoms with Crippen molar-refractivity contribution in [1.82, 2.24) is 20.1 Å². The number of amides is 3. The number of benzene rings is 1. The number of rotatable bonds is 11. The molecule has 2 unspecified atom stereocenters. The van der Waals surface area contributed by atoms with E-state index >= 15 is 0 Å². The smallest absolute Gasteiger partial charge is 0.409 e. The molecule has 1 aliphatic rings. The molecule has 1 aromatic carbocycles. The lowest BCUT2D eigenvalue weighted by atomic mass is 10.1. The highest BCUT2D eigenvalue weighted by molar-refractivity contribution is 5.99. The summed E-state index contributed by atoms with van der Waals surface area (Å²) in [5.41, 5.74) is 1.13. The van der Waals surface area contributed by atoms with Crippen molar-refractivity contribution in [1.29, 1.82) is 0 Å². The van der Waals surface area contributed by atoms with Gasteiger partial charge in [0.1, 0.15) is 17.5 Å². The van der Waals surface area contributed by atoms with Gasteiger partial charge in [-0.1, -0.05) is 13.0 Å². The Hall–Kier alpha value is -4.42. The zero-order valence-electron chi connectivity index (χ0n) is 22.7. The monoisotopic (exact) mass is 558 g/mol. The van der Waals surface area contributed by atoms with Crippen molar-refractivity contribution in [2.75, 3.05) is 32.8 Å². The van der Waals surface area contributed by atoms with E-state index in [2.05, 4.69) is 10.3 Å². The SMILES string of the molecule is CCOC(=O)N1CCN(C(=O)C(CCC(=O)O)NC(=O)c2cc(OC(CC)C(=O)O)c3ccc(C)cc3n2)CC1. The number of aromatic nitrogens is 1. The van der Waals surface area contributed by atoms with E-state index in [-0.39, 0.29) is 63.5 Å². The van der Waals surface area contributed by atoms with E-state index in [0.717, 1.165) is 5.56 Å². The van der Waals surface area contributed by atoms with Crippen LogP contribution in [0.3, 0.4) is 0 Å². The number of fused-ring (bicyclic) bond motifs is 1. The van der Waals surface area contributed by atoms with Crippen LogP contribution in [0.2, 0.25) is 0 Å². The van der Waals surface area contributed by atoms with Gasteiger partial charge in [-0.25, -0.2) is 14.6 Å². The highest BCUT2D eigenvalue weighted by Crippen LogP contribution is 2.28. The summed E-state index contributed by atoms with van der Waals surface area (Å²) in [6.07, 6.45) is -1.98. The van der Waals surface area contributed by atoms with Crippen molar-refractivity contribution >= 4 is 40.7 Å². The van der Waals surface area contributed by atoms with Crippen molar-refractivity contribution < 1.29 is 43.7 Å².